The van der Waals surface area contributed by atoms with Crippen LogP contribution in [0.25, 0.3) is 0 Å². The molecule has 0 aromatic heterocycles. The first-order valence-corrected chi connectivity index (χ1v) is 7.59. The van der Waals surface area contributed by atoms with Crippen LogP contribution in [0.15, 0.2) is 12.1 Å². The summed E-state index contributed by atoms with van der Waals surface area (Å²) in [6.45, 7) is 1.93. The Morgan fingerprint density at radius 3 is 1.95 bits per heavy atom. The summed E-state index contributed by atoms with van der Waals surface area (Å²) in [5.41, 5.74) is 2.21. The Morgan fingerprint density at radius 2 is 1.42 bits per heavy atom. The molecule has 4 bridgehead atoms. The minimum Gasteiger partial charge on any atom is -0.508 e. The van der Waals surface area contributed by atoms with Crippen molar-refractivity contribution < 1.29 is 10.2 Å². The van der Waals surface area contributed by atoms with Gasteiger partial charge in [-0.05, 0) is 80.2 Å². The molecule has 0 heterocycles. The van der Waals surface area contributed by atoms with Gasteiger partial charge in [0.25, 0.3) is 0 Å². The van der Waals surface area contributed by atoms with Crippen molar-refractivity contribution in [2.75, 3.05) is 0 Å². The van der Waals surface area contributed by atoms with Crippen molar-refractivity contribution in [3.05, 3.63) is 23.3 Å². The first kappa shape index (κ1) is 11.6. The van der Waals surface area contributed by atoms with Gasteiger partial charge in [-0.3, -0.25) is 0 Å². The normalized spacial score (nSPS) is 39.7. The maximum atomic E-state index is 10.3. The smallest absolute Gasteiger partial charge is 0.123 e. The fraction of sp³-hybridized carbons (Fsp3) is 0.647. The lowest BCUT2D eigenvalue weighted by Crippen LogP contribution is -2.48. The molecule has 102 valence electrons. The molecular formula is C17H22O2. The molecule has 0 spiro atoms. The zero-order valence-corrected chi connectivity index (χ0v) is 11.5. The monoisotopic (exact) mass is 258 g/mol. The van der Waals surface area contributed by atoms with Gasteiger partial charge in [0.1, 0.15) is 11.5 Å². The molecule has 4 saturated carbocycles. The second kappa shape index (κ2) is 3.68. The third kappa shape index (κ3) is 1.62. The van der Waals surface area contributed by atoms with Crippen LogP contribution < -0.4 is 0 Å². The third-order valence-corrected chi connectivity index (χ3v) is 5.92. The van der Waals surface area contributed by atoms with Crippen molar-refractivity contribution in [2.24, 2.45) is 17.8 Å². The van der Waals surface area contributed by atoms with E-state index in [4.69, 9.17) is 0 Å². The van der Waals surface area contributed by atoms with Gasteiger partial charge in [-0.25, -0.2) is 0 Å². The number of hydrogen-bond donors (Lipinski definition) is 2. The minimum atomic E-state index is 0.206. The molecule has 4 fully saturated rings. The summed E-state index contributed by atoms with van der Waals surface area (Å²) in [6.07, 6.45) is 7.98. The van der Waals surface area contributed by atoms with Gasteiger partial charge in [-0.1, -0.05) is 0 Å². The summed E-state index contributed by atoms with van der Waals surface area (Å²) >= 11 is 0. The standard InChI is InChI=1S/C17H22O2/c1-10-2-14(16(19)6-15(10)18)17-7-11-3-12(8-17)5-13(4-11)9-17/h2,6,11-13,18-19H,3-5,7-9H2,1H3. The summed E-state index contributed by atoms with van der Waals surface area (Å²) in [6, 6.07) is 3.58. The highest BCUT2D eigenvalue weighted by molar-refractivity contribution is 5.49. The van der Waals surface area contributed by atoms with Crippen LogP contribution >= 0.6 is 0 Å². The molecule has 4 aliphatic carbocycles. The molecule has 1 aromatic rings. The summed E-state index contributed by atoms with van der Waals surface area (Å²) in [4.78, 5) is 0. The Morgan fingerprint density at radius 1 is 0.895 bits per heavy atom. The van der Waals surface area contributed by atoms with Crippen molar-refractivity contribution in [3.63, 3.8) is 0 Å². The van der Waals surface area contributed by atoms with Crippen LogP contribution in [0.2, 0.25) is 0 Å². The van der Waals surface area contributed by atoms with Crippen LogP contribution in [-0.4, -0.2) is 10.2 Å². The Kier molecular flexibility index (Phi) is 2.25. The van der Waals surface area contributed by atoms with Crippen molar-refractivity contribution in [3.8, 4) is 11.5 Å². The lowest BCUT2D eigenvalue weighted by Gasteiger charge is -2.57. The van der Waals surface area contributed by atoms with Gasteiger partial charge < -0.3 is 10.2 Å². The molecule has 4 aliphatic rings. The molecule has 0 aliphatic heterocycles. The Labute approximate surface area is 114 Å². The quantitative estimate of drug-likeness (QED) is 0.802. The average molecular weight is 258 g/mol. The second-order valence-corrected chi connectivity index (χ2v) is 7.35. The molecule has 0 amide bonds. The molecular weight excluding hydrogens is 236 g/mol. The number of hydrogen-bond acceptors (Lipinski definition) is 2. The van der Waals surface area contributed by atoms with E-state index in [-0.39, 0.29) is 11.2 Å². The van der Waals surface area contributed by atoms with Crippen LogP contribution in [0.1, 0.15) is 49.7 Å². The number of aromatic hydroxyl groups is 2. The van der Waals surface area contributed by atoms with Crippen LogP contribution in [-0.2, 0) is 5.41 Å². The predicted octanol–water partition coefficient (Wildman–Crippen LogP) is 3.87. The minimum absolute atomic E-state index is 0.206. The van der Waals surface area contributed by atoms with Gasteiger partial charge in [0.05, 0.1) is 0 Å². The van der Waals surface area contributed by atoms with E-state index >= 15 is 0 Å². The van der Waals surface area contributed by atoms with Gasteiger partial charge in [0, 0.05) is 11.6 Å². The lowest BCUT2D eigenvalue weighted by atomic mass is 9.48. The van der Waals surface area contributed by atoms with E-state index in [0.717, 1.165) is 28.9 Å². The number of phenols is 2. The second-order valence-electron chi connectivity index (χ2n) is 7.35. The SMILES string of the molecule is Cc1cc(C23CC4CC(CC(C4)C2)C3)c(O)cc1O. The highest BCUT2D eigenvalue weighted by Crippen LogP contribution is 2.62. The van der Waals surface area contributed by atoms with Gasteiger partial charge in [0.15, 0.2) is 0 Å². The maximum Gasteiger partial charge on any atom is 0.123 e. The predicted molar refractivity (Wildman–Crippen MR) is 74.4 cm³/mol. The number of aryl methyl sites for hydroxylation is 1. The molecule has 2 N–H and O–H groups in total. The zero-order valence-electron chi connectivity index (χ0n) is 11.5. The van der Waals surface area contributed by atoms with Gasteiger partial charge in [-0.2, -0.15) is 0 Å². The number of benzene rings is 1. The van der Waals surface area contributed by atoms with Crippen molar-refractivity contribution in [1.29, 1.82) is 0 Å². The van der Waals surface area contributed by atoms with E-state index in [1.165, 1.54) is 38.5 Å². The first-order valence-electron chi connectivity index (χ1n) is 7.59. The maximum absolute atomic E-state index is 10.3. The van der Waals surface area contributed by atoms with Crippen LogP contribution in [0.5, 0.6) is 11.5 Å². The lowest BCUT2D eigenvalue weighted by molar-refractivity contribution is -0.00617. The van der Waals surface area contributed by atoms with Crippen molar-refractivity contribution in [2.45, 2.75) is 50.9 Å². The van der Waals surface area contributed by atoms with Crippen molar-refractivity contribution in [1.82, 2.24) is 0 Å². The molecule has 2 heteroatoms. The summed E-state index contributed by atoms with van der Waals surface area (Å²) in [5.74, 6) is 3.15. The topological polar surface area (TPSA) is 40.5 Å². The van der Waals surface area contributed by atoms with Crippen LogP contribution in [0.4, 0.5) is 0 Å². The van der Waals surface area contributed by atoms with E-state index in [9.17, 15) is 10.2 Å². The number of rotatable bonds is 1. The molecule has 0 radical (unpaired) electrons. The summed E-state index contributed by atoms with van der Waals surface area (Å²) < 4.78 is 0. The molecule has 2 nitrogen and oxygen atoms in total. The van der Waals surface area contributed by atoms with E-state index < -0.39 is 0 Å². The Balaban J connectivity index is 1.81. The van der Waals surface area contributed by atoms with Crippen LogP contribution in [0, 0.1) is 24.7 Å². The summed E-state index contributed by atoms with van der Waals surface area (Å²) in [5, 5.41) is 20.1. The molecule has 1 aromatic carbocycles. The van der Waals surface area contributed by atoms with E-state index in [1.54, 1.807) is 6.07 Å². The van der Waals surface area contributed by atoms with Gasteiger partial charge in [0.2, 0.25) is 0 Å². The first-order chi connectivity index (χ1) is 9.06. The molecule has 0 saturated heterocycles. The highest BCUT2D eigenvalue weighted by Gasteiger charge is 2.52. The summed E-state index contributed by atoms with van der Waals surface area (Å²) in [7, 11) is 0. The average Bonchev–Trinajstić information content (AvgIpc) is 2.32. The molecule has 0 atom stereocenters. The van der Waals surface area contributed by atoms with Gasteiger partial charge in [-0.15, -0.1) is 0 Å². The van der Waals surface area contributed by atoms with E-state index in [2.05, 4.69) is 0 Å². The highest BCUT2D eigenvalue weighted by atomic mass is 16.3. The fourth-order valence-corrected chi connectivity index (χ4v) is 5.55. The largest absolute Gasteiger partial charge is 0.508 e. The van der Waals surface area contributed by atoms with Gasteiger partial charge >= 0.3 is 0 Å². The number of phenolic OH excluding ortho intramolecular Hbond substituents is 2. The molecule has 5 rings (SSSR count). The molecule has 0 unspecified atom stereocenters. The van der Waals surface area contributed by atoms with E-state index in [0.29, 0.717) is 5.75 Å². The third-order valence-electron chi connectivity index (χ3n) is 5.92. The van der Waals surface area contributed by atoms with Crippen molar-refractivity contribution >= 4 is 0 Å². The molecule has 19 heavy (non-hydrogen) atoms. The van der Waals surface area contributed by atoms with Crippen LogP contribution in [0.3, 0.4) is 0 Å². The Hall–Kier alpha value is -1.18. The Bertz CT molecular complexity index is 497. The fourth-order valence-electron chi connectivity index (χ4n) is 5.55. The zero-order chi connectivity index (χ0) is 13.2. The van der Waals surface area contributed by atoms with E-state index in [1.807, 2.05) is 13.0 Å².